The molecule has 0 heterocycles. The van der Waals surface area contributed by atoms with E-state index in [1.165, 1.54) is 7.11 Å². The van der Waals surface area contributed by atoms with Gasteiger partial charge >= 0.3 is 6.18 Å². The van der Waals surface area contributed by atoms with Crippen LogP contribution in [-0.4, -0.2) is 7.11 Å². The molecule has 2 nitrogen and oxygen atoms in total. The van der Waals surface area contributed by atoms with Crippen molar-refractivity contribution in [3.05, 3.63) is 27.7 Å². The van der Waals surface area contributed by atoms with Gasteiger partial charge in [0.2, 0.25) is 0 Å². The minimum atomic E-state index is -4.39. The molecule has 0 atom stereocenters. The molecule has 0 aromatic heterocycles. The van der Waals surface area contributed by atoms with E-state index < -0.39 is 17.3 Å². The van der Waals surface area contributed by atoms with Gasteiger partial charge in [0.1, 0.15) is 5.75 Å². The van der Waals surface area contributed by atoms with E-state index in [0.29, 0.717) is 28.6 Å². The Labute approximate surface area is 124 Å². The smallest absolute Gasteiger partial charge is 0.416 e. The largest absolute Gasteiger partial charge is 0.495 e. The maximum atomic E-state index is 13.0. The van der Waals surface area contributed by atoms with Crippen LogP contribution in [0, 0.1) is 0 Å². The minimum Gasteiger partial charge on any atom is -0.495 e. The highest BCUT2D eigenvalue weighted by Crippen LogP contribution is 2.45. The Bertz CT molecular complexity index is 496. The normalized spacial score (nSPS) is 18.9. The Balaban J connectivity index is 2.57. The van der Waals surface area contributed by atoms with Crippen LogP contribution < -0.4 is 10.5 Å². The van der Waals surface area contributed by atoms with Gasteiger partial charge in [-0.25, -0.2) is 0 Å². The van der Waals surface area contributed by atoms with Gasteiger partial charge < -0.3 is 10.5 Å². The molecule has 0 saturated heterocycles. The van der Waals surface area contributed by atoms with E-state index >= 15 is 0 Å². The lowest BCUT2D eigenvalue weighted by Crippen LogP contribution is -2.39. The van der Waals surface area contributed by atoms with Crippen LogP contribution in [0.4, 0.5) is 13.2 Å². The molecule has 2 N–H and O–H groups in total. The second-order valence-electron chi connectivity index (χ2n) is 5.25. The molecule has 0 radical (unpaired) electrons. The molecule has 1 aromatic carbocycles. The molecular weight excluding hydrogens is 335 g/mol. The lowest BCUT2D eigenvalue weighted by molar-refractivity contribution is -0.137. The van der Waals surface area contributed by atoms with E-state index in [1.54, 1.807) is 0 Å². The molecule has 2 rings (SSSR count). The van der Waals surface area contributed by atoms with Gasteiger partial charge in [0, 0.05) is 11.1 Å². The van der Waals surface area contributed by atoms with Crippen LogP contribution in [0.2, 0.25) is 0 Å². The predicted octanol–water partition coefficient (Wildman–Crippen LogP) is 4.59. The molecule has 0 aliphatic heterocycles. The summed E-state index contributed by atoms with van der Waals surface area (Å²) in [7, 11) is 1.45. The first-order chi connectivity index (χ1) is 9.28. The summed E-state index contributed by atoms with van der Waals surface area (Å²) in [6, 6.07) is 2.17. The Morgan fingerprint density at radius 3 is 2.30 bits per heavy atom. The van der Waals surface area contributed by atoms with Crippen molar-refractivity contribution in [2.24, 2.45) is 5.73 Å². The van der Waals surface area contributed by atoms with Gasteiger partial charge in [-0.05, 0) is 40.9 Å². The number of rotatable bonds is 2. The van der Waals surface area contributed by atoms with Crippen LogP contribution in [0.3, 0.4) is 0 Å². The van der Waals surface area contributed by atoms with Crippen LogP contribution >= 0.6 is 15.9 Å². The molecule has 0 unspecified atom stereocenters. The van der Waals surface area contributed by atoms with E-state index in [0.717, 1.165) is 31.4 Å². The molecule has 20 heavy (non-hydrogen) atoms. The number of alkyl halides is 3. The fraction of sp³-hybridized carbons (Fsp3) is 0.571. The summed E-state index contributed by atoms with van der Waals surface area (Å²) in [5.41, 5.74) is 5.37. The van der Waals surface area contributed by atoms with Crippen LogP contribution in [0.5, 0.6) is 5.75 Å². The Morgan fingerprint density at radius 2 is 1.80 bits per heavy atom. The molecule has 1 aliphatic rings. The first kappa shape index (κ1) is 15.6. The van der Waals surface area contributed by atoms with Crippen LogP contribution in [-0.2, 0) is 11.7 Å². The molecule has 6 heteroatoms. The second kappa shape index (κ2) is 5.56. The predicted molar refractivity (Wildman–Crippen MR) is 74.6 cm³/mol. The number of ether oxygens (including phenoxy) is 1. The van der Waals surface area contributed by atoms with Crippen LogP contribution in [0.15, 0.2) is 16.6 Å². The molecule has 1 fully saturated rings. The van der Waals surface area contributed by atoms with Crippen molar-refractivity contribution in [1.82, 2.24) is 0 Å². The van der Waals surface area contributed by atoms with Crippen LogP contribution in [0.1, 0.15) is 43.2 Å². The Hall–Kier alpha value is -0.750. The zero-order valence-electron chi connectivity index (χ0n) is 11.2. The summed E-state index contributed by atoms with van der Waals surface area (Å²) in [6.45, 7) is 0. The highest BCUT2D eigenvalue weighted by molar-refractivity contribution is 9.10. The third kappa shape index (κ3) is 2.96. The lowest BCUT2D eigenvalue weighted by Gasteiger charge is -2.35. The Morgan fingerprint density at radius 1 is 1.20 bits per heavy atom. The zero-order valence-corrected chi connectivity index (χ0v) is 12.8. The van der Waals surface area contributed by atoms with Crippen molar-refractivity contribution >= 4 is 15.9 Å². The second-order valence-corrected chi connectivity index (χ2v) is 6.11. The van der Waals surface area contributed by atoms with Gasteiger partial charge in [-0.1, -0.05) is 19.3 Å². The highest BCUT2D eigenvalue weighted by atomic mass is 79.9. The van der Waals surface area contributed by atoms with Gasteiger partial charge in [0.05, 0.1) is 17.1 Å². The molecular formula is C14H17BrF3NO. The molecule has 112 valence electrons. The van der Waals surface area contributed by atoms with Gasteiger partial charge in [-0.15, -0.1) is 0 Å². The SMILES string of the molecule is COc1c(Br)cc(C(F)(F)F)cc1C1(N)CCCCC1. The van der Waals surface area contributed by atoms with Crippen molar-refractivity contribution in [3.8, 4) is 5.75 Å². The summed E-state index contributed by atoms with van der Waals surface area (Å²) >= 11 is 3.16. The summed E-state index contributed by atoms with van der Waals surface area (Å²) in [6.07, 6.45) is -0.120. The maximum Gasteiger partial charge on any atom is 0.416 e. The van der Waals surface area contributed by atoms with E-state index in [9.17, 15) is 13.2 Å². The average molecular weight is 352 g/mol. The summed E-state index contributed by atoms with van der Waals surface area (Å²) in [5.74, 6) is 0.405. The summed E-state index contributed by atoms with van der Waals surface area (Å²) in [5, 5.41) is 0. The highest BCUT2D eigenvalue weighted by Gasteiger charge is 2.37. The zero-order chi connectivity index (χ0) is 15.0. The molecule has 1 saturated carbocycles. The topological polar surface area (TPSA) is 35.2 Å². The van der Waals surface area contributed by atoms with Crippen molar-refractivity contribution in [1.29, 1.82) is 0 Å². The molecule has 0 spiro atoms. The number of hydrogen-bond donors (Lipinski definition) is 1. The standard InChI is InChI=1S/C14H17BrF3NO/c1-20-12-10(13(19)5-3-2-4-6-13)7-9(8-11(12)15)14(16,17)18/h7-8H,2-6,19H2,1H3. The summed E-state index contributed by atoms with van der Waals surface area (Å²) < 4.78 is 44.5. The first-order valence-electron chi connectivity index (χ1n) is 6.52. The maximum absolute atomic E-state index is 13.0. The quantitative estimate of drug-likeness (QED) is 0.845. The number of methoxy groups -OCH3 is 1. The average Bonchev–Trinajstić information content (AvgIpc) is 2.37. The molecule has 0 bridgehead atoms. The van der Waals surface area contributed by atoms with Crippen molar-refractivity contribution in [2.75, 3.05) is 7.11 Å². The van der Waals surface area contributed by atoms with E-state index in [4.69, 9.17) is 10.5 Å². The monoisotopic (exact) mass is 351 g/mol. The Kier molecular flexibility index (Phi) is 4.35. The third-order valence-corrected chi connectivity index (χ3v) is 4.45. The number of benzene rings is 1. The first-order valence-corrected chi connectivity index (χ1v) is 7.31. The van der Waals surface area contributed by atoms with E-state index in [-0.39, 0.29) is 0 Å². The molecule has 1 aromatic rings. The number of nitrogens with two attached hydrogens (primary N) is 1. The number of hydrogen-bond acceptors (Lipinski definition) is 2. The van der Waals surface area contributed by atoms with E-state index in [1.807, 2.05) is 0 Å². The van der Waals surface area contributed by atoms with Crippen LogP contribution in [0.25, 0.3) is 0 Å². The van der Waals surface area contributed by atoms with Crippen molar-refractivity contribution in [3.63, 3.8) is 0 Å². The van der Waals surface area contributed by atoms with Gasteiger partial charge in [0.25, 0.3) is 0 Å². The fourth-order valence-electron chi connectivity index (χ4n) is 2.79. The number of halogens is 4. The fourth-order valence-corrected chi connectivity index (χ4v) is 3.41. The third-order valence-electron chi connectivity index (χ3n) is 3.86. The summed E-state index contributed by atoms with van der Waals surface area (Å²) in [4.78, 5) is 0. The molecule has 0 amide bonds. The van der Waals surface area contributed by atoms with E-state index in [2.05, 4.69) is 15.9 Å². The lowest BCUT2D eigenvalue weighted by atomic mass is 9.76. The minimum absolute atomic E-state index is 0.292. The van der Waals surface area contributed by atoms with Crippen molar-refractivity contribution < 1.29 is 17.9 Å². The van der Waals surface area contributed by atoms with Gasteiger partial charge in [-0.3, -0.25) is 0 Å². The van der Waals surface area contributed by atoms with Crippen molar-refractivity contribution in [2.45, 2.75) is 43.8 Å². The van der Waals surface area contributed by atoms with Gasteiger partial charge in [0.15, 0.2) is 0 Å². The van der Waals surface area contributed by atoms with Gasteiger partial charge in [-0.2, -0.15) is 13.2 Å². The molecule has 1 aliphatic carbocycles.